The number of aliphatic hydroxyl groups excluding tert-OH is 1. The van der Waals surface area contributed by atoms with E-state index in [9.17, 15) is 4.79 Å². The van der Waals surface area contributed by atoms with Crippen LogP contribution < -0.4 is 4.90 Å². The maximum absolute atomic E-state index is 10.9. The number of aliphatic hydroxyl groups is 1. The third kappa shape index (κ3) is 2.68. The van der Waals surface area contributed by atoms with Crippen LogP contribution in [0.5, 0.6) is 0 Å². The Morgan fingerprint density at radius 3 is 2.69 bits per heavy atom. The fourth-order valence-corrected chi connectivity index (χ4v) is 1.66. The lowest BCUT2D eigenvalue weighted by Gasteiger charge is -2.22. The lowest BCUT2D eigenvalue weighted by atomic mass is 10.3. The van der Waals surface area contributed by atoms with Crippen LogP contribution in [0.15, 0.2) is 0 Å². The van der Waals surface area contributed by atoms with Crippen molar-refractivity contribution in [2.24, 2.45) is 0 Å². The summed E-state index contributed by atoms with van der Waals surface area (Å²) in [6.07, 6.45) is 0.636. The van der Waals surface area contributed by atoms with E-state index in [-0.39, 0.29) is 17.3 Å². The molecule has 0 radical (unpaired) electrons. The van der Waals surface area contributed by atoms with Gasteiger partial charge in [-0.2, -0.15) is 0 Å². The van der Waals surface area contributed by atoms with Gasteiger partial charge in [0, 0.05) is 13.1 Å². The number of hydrogen-bond acceptors (Lipinski definition) is 5. The third-order valence-corrected chi connectivity index (χ3v) is 2.45. The number of anilines is 1. The van der Waals surface area contributed by atoms with Gasteiger partial charge in [0.25, 0.3) is 0 Å². The highest BCUT2D eigenvalue weighted by Gasteiger charge is 2.15. The standard InChI is InChI=1S/C10H14ClN3O2/c1-3-14(4-5-15)10-8(6-16)9(11)12-7(2)13-10/h6,15H,3-5H2,1-2H3. The quantitative estimate of drug-likeness (QED) is 0.619. The molecule has 88 valence electrons. The summed E-state index contributed by atoms with van der Waals surface area (Å²) >= 11 is 5.86. The van der Waals surface area contributed by atoms with Crippen molar-refractivity contribution in [2.45, 2.75) is 13.8 Å². The van der Waals surface area contributed by atoms with E-state index < -0.39 is 0 Å². The number of aldehydes is 1. The third-order valence-electron chi connectivity index (χ3n) is 2.16. The monoisotopic (exact) mass is 243 g/mol. The molecule has 0 bridgehead atoms. The van der Waals surface area contributed by atoms with E-state index in [2.05, 4.69) is 9.97 Å². The number of carbonyl (C=O) groups excluding carboxylic acids is 1. The molecule has 6 heteroatoms. The molecule has 0 saturated carbocycles. The van der Waals surface area contributed by atoms with Crippen molar-refractivity contribution in [3.63, 3.8) is 0 Å². The van der Waals surface area contributed by atoms with Crippen molar-refractivity contribution in [1.29, 1.82) is 0 Å². The minimum atomic E-state index is -0.00714. The number of carbonyl (C=O) groups is 1. The molecule has 0 spiro atoms. The van der Waals surface area contributed by atoms with Gasteiger partial charge in [-0.05, 0) is 13.8 Å². The molecule has 0 amide bonds. The summed E-state index contributed by atoms with van der Waals surface area (Å²) in [6, 6.07) is 0. The first-order chi connectivity index (χ1) is 7.63. The Balaban J connectivity index is 3.23. The Labute approximate surface area is 99.1 Å². The number of hydrogen-bond donors (Lipinski definition) is 1. The molecular weight excluding hydrogens is 230 g/mol. The largest absolute Gasteiger partial charge is 0.395 e. The van der Waals surface area contributed by atoms with Gasteiger partial charge in [0.15, 0.2) is 6.29 Å². The summed E-state index contributed by atoms with van der Waals surface area (Å²) in [5, 5.41) is 9.07. The SMILES string of the molecule is CCN(CCO)c1nc(C)nc(Cl)c1C=O. The van der Waals surface area contributed by atoms with Crippen LogP contribution >= 0.6 is 11.6 Å². The zero-order chi connectivity index (χ0) is 12.1. The summed E-state index contributed by atoms with van der Waals surface area (Å²) in [5.74, 6) is 0.978. The molecule has 0 saturated heterocycles. The highest BCUT2D eigenvalue weighted by molar-refractivity contribution is 6.32. The number of likely N-dealkylation sites (N-methyl/N-ethyl adjacent to an activating group) is 1. The van der Waals surface area contributed by atoms with Gasteiger partial charge in [0.2, 0.25) is 0 Å². The smallest absolute Gasteiger partial charge is 0.156 e. The summed E-state index contributed by atoms with van der Waals surface area (Å²) < 4.78 is 0. The molecule has 0 aromatic carbocycles. The van der Waals surface area contributed by atoms with Crippen LogP contribution in [-0.2, 0) is 0 Å². The molecule has 0 aliphatic heterocycles. The fraction of sp³-hybridized carbons (Fsp3) is 0.500. The van der Waals surface area contributed by atoms with Crippen molar-refractivity contribution in [1.82, 2.24) is 9.97 Å². The predicted molar refractivity (Wildman–Crippen MR) is 62.1 cm³/mol. The second-order valence-corrected chi connectivity index (χ2v) is 3.58. The van der Waals surface area contributed by atoms with Crippen molar-refractivity contribution in [3.8, 4) is 0 Å². The van der Waals surface area contributed by atoms with Gasteiger partial charge in [-0.25, -0.2) is 9.97 Å². The number of halogens is 1. The molecule has 1 rings (SSSR count). The van der Waals surface area contributed by atoms with Crippen molar-refractivity contribution >= 4 is 23.7 Å². The molecule has 1 aromatic rings. The molecular formula is C10H14ClN3O2. The van der Waals surface area contributed by atoms with Crippen molar-refractivity contribution < 1.29 is 9.90 Å². The number of aryl methyl sites for hydroxylation is 1. The highest BCUT2D eigenvalue weighted by atomic mass is 35.5. The molecule has 1 N–H and O–H groups in total. The maximum atomic E-state index is 10.9. The van der Waals surface area contributed by atoms with E-state index in [4.69, 9.17) is 16.7 Å². The van der Waals surface area contributed by atoms with Crippen LogP contribution in [0.3, 0.4) is 0 Å². The molecule has 0 fully saturated rings. The highest BCUT2D eigenvalue weighted by Crippen LogP contribution is 2.22. The minimum absolute atomic E-state index is 0.00714. The van der Waals surface area contributed by atoms with E-state index in [1.807, 2.05) is 6.92 Å². The molecule has 5 nitrogen and oxygen atoms in total. The Hall–Kier alpha value is -1.20. The predicted octanol–water partition coefficient (Wildman–Crippen LogP) is 1.07. The molecule has 1 heterocycles. The summed E-state index contributed by atoms with van der Waals surface area (Å²) in [7, 11) is 0. The Bertz CT molecular complexity index is 385. The fourth-order valence-electron chi connectivity index (χ4n) is 1.41. The molecule has 0 aliphatic rings. The van der Waals surface area contributed by atoms with Gasteiger partial charge >= 0.3 is 0 Å². The zero-order valence-corrected chi connectivity index (χ0v) is 10.0. The van der Waals surface area contributed by atoms with Crippen LogP contribution in [0.25, 0.3) is 0 Å². The molecule has 0 atom stereocenters. The summed E-state index contributed by atoms with van der Waals surface area (Å²) in [6.45, 7) is 4.65. The Morgan fingerprint density at radius 2 is 2.19 bits per heavy atom. The average Bonchev–Trinajstić information content (AvgIpc) is 2.25. The lowest BCUT2D eigenvalue weighted by molar-refractivity contribution is 0.112. The Morgan fingerprint density at radius 1 is 1.50 bits per heavy atom. The van der Waals surface area contributed by atoms with Gasteiger partial charge < -0.3 is 10.0 Å². The minimum Gasteiger partial charge on any atom is -0.395 e. The van der Waals surface area contributed by atoms with E-state index in [0.717, 1.165) is 0 Å². The number of aromatic nitrogens is 2. The first-order valence-corrected chi connectivity index (χ1v) is 5.37. The number of rotatable bonds is 5. The molecule has 1 aromatic heterocycles. The van der Waals surface area contributed by atoms with E-state index >= 15 is 0 Å². The second kappa shape index (κ2) is 5.77. The summed E-state index contributed by atoms with van der Waals surface area (Å²) in [5.41, 5.74) is 0.266. The first-order valence-electron chi connectivity index (χ1n) is 4.99. The van der Waals surface area contributed by atoms with Crippen molar-refractivity contribution in [2.75, 3.05) is 24.6 Å². The molecule has 0 unspecified atom stereocenters. The van der Waals surface area contributed by atoms with Gasteiger partial charge in [0.1, 0.15) is 16.8 Å². The van der Waals surface area contributed by atoms with Crippen LogP contribution in [0, 0.1) is 6.92 Å². The van der Waals surface area contributed by atoms with Crippen LogP contribution in [0.2, 0.25) is 5.15 Å². The molecule has 0 aliphatic carbocycles. The first kappa shape index (κ1) is 12.9. The van der Waals surface area contributed by atoms with Gasteiger partial charge in [-0.1, -0.05) is 11.6 Å². The maximum Gasteiger partial charge on any atom is 0.156 e. The van der Waals surface area contributed by atoms with Crippen LogP contribution in [0.4, 0.5) is 5.82 Å². The topological polar surface area (TPSA) is 66.3 Å². The molecule has 16 heavy (non-hydrogen) atoms. The lowest BCUT2D eigenvalue weighted by Crippen LogP contribution is -2.28. The normalized spacial score (nSPS) is 10.2. The van der Waals surface area contributed by atoms with Crippen LogP contribution in [-0.4, -0.2) is 41.1 Å². The Kier molecular flexibility index (Phi) is 4.64. The van der Waals surface area contributed by atoms with E-state index in [1.165, 1.54) is 0 Å². The zero-order valence-electron chi connectivity index (χ0n) is 9.27. The van der Waals surface area contributed by atoms with Gasteiger partial charge in [-0.15, -0.1) is 0 Å². The summed E-state index contributed by atoms with van der Waals surface area (Å²) in [4.78, 5) is 20.8. The second-order valence-electron chi connectivity index (χ2n) is 3.22. The van der Waals surface area contributed by atoms with E-state index in [1.54, 1.807) is 11.8 Å². The average molecular weight is 244 g/mol. The van der Waals surface area contributed by atoms with Crippen LogP contribution in [0.1, 0.15) is 23.1 Å². The van der Waals surface area contributed by atoms with Crippen molar-refractivity contribution in [3.05, 3.63) is 16.5 Å². The van der Waals surface area contributed by atoms with Gasteiger partial charge in [0.05, 0.1) is 12.2 Å². The van der Waals surface area contributed by atoms with Gasteiger partial charge in [-0.3, -0.25) is 4.79 Å². The van der Waals surface area contributed by atoms with E-state index in [0.29, 0.717) is 31.0 Å². The number of nitrogens with zero attached hydrogens (tertiary/aromatic N) is 3.